The lowest BCUT2D eigenvalue weighted by molar-refractivity contribution is 0.439. The first-order chi connectivity index (χ1) is 15.5. The maximum Gasteiger partial charge on any atom is 0.174 e. The normalized spacial score (nSPS) is 18.1. The second-order valence-electron chi connectivity index (χ2n) is 7.97. The summed E-state index contributed by atoms with van der Waals surface area (Å²) in [6, 6.07) is 21.9. The summed E-state index contributed by atoms with van der Waals surface area (Å²) in [5, 5.41) is 4.06. The fraction of sp³-hybridized carbons (Fsp3) is 0.154. The zero-order chi connectivity index (χ0) is 22.2. The van der Waals surface area contributed by atoms with Crippen molar-refractivity contribution in [2.75, 3.05) is 4.90 Å². The first-order valence-corrected chi connectivity index (χ1v) is 10.9. The molecule has 2 aromatic carbocycles. The summed E-state index contributed by atoms with van der Waals surface area (Å²) < 4.78 is 19.7. The van der Waals surface area contributed by atoms with E-state index in [0.29, 0.717) is 10.9 Å². The van der Waals surface area contributed by atoms with Crippen molar-refractivity contribution in [2.45, 2.75) is 25.9 Å². The van der Waals surface area contributed by atoms with Crippen molar-refractivity contribution >= 4 is 23.0 Å². The van der Waals surface area contributed by atoms with Gasteiger partial charge >= 0.3 is 0 Å². The molecule has 0 amide bonds. The Balaban J connectivity index is 1.60. The van der Waals surface area contributed by atoms with Gasteiger partial charge in [0, 0.05) is 17.4 Å². The second kappa shape index (κ2) is 8.20. The van der Waals surface area contributed by atoms with Gasteiger partial charge in [-0.2, -0.15) is 0 Å². The smallest absolute Gasteiger partial charge is 0.174 e. The molecule has 4 aromatic rings. The Morgan fingerprint density at radius 1 is 0.969 bits per heavy atom. The lowest BCUT2D eigenvalue weighted by Gasteiger charge is -2.26. The van der Waals surface area contributed by atoms with E-state index in [1.54, 1.807) is 18.3 Å². The third-order valence-corrected chi connectivity index (χ3v) is 6.23. The summed E-state index contributed by atoms with van der Waals surface area (Å²) in [5.41, 5.74) is 5.11. The predicted octanol–water partition coefficient (Wildman–Crippen LogP) is 6.27. The van der Waals surface area contributed by atoms with E-state index in [0.717, 1.165) is 22.7 Å². The van der Waals surface area contributed by atoms with Gasteiger partial charge in [0.15, 0.2) is 5.11 Å². The van der Waals surface area contributed by atoms with E-state index in [1.807, 2.05) is 30.3 Å². The first kappa shape index (κ1) is 20.4. The third-order valence-electron chi connectivity index (χ3n) is 5.91. The Morgan fingerprint density at radius 2 is 1.78 bits per heavy atom. The zero-order valence-electron chi connectivity index (χ0n) is 17.7. The van der Waals surface area contributed by atoms with Crippen LogP contribution in [0.1, 0.15) is 34.7 Å². The van der Waals surface area contributed by atoms with Crippen molar-refractivity contribution in [3.05, 3.63) is 107 Å². The van der Waals surface area contributed by atoms with Crippen LogP contribution in [0.2, 0.25) is 0 Å². The van der Waals surface area contributed by atoms with E-state index in [1.165, 1.54) is 23.3 Å². The number of thiocarbonyl (C=S) groups is 1. The number of furan rings is 1. The number of aromatic nitrogens is 1. The maximum absolute atomic E-state index is 13.4. The van der Waals surface area contributed by atoms with Crippen LogP contribution in [0.5, 0.6) is 0 Å². The number of aryl methyl sites for hydroxylation is 2. The average molecular weight is 444 g/mol. The zero-order valence-corrected chi connectivity index (χ0v) is 18.6. The number of rotatable bonds is 4. The Hall–Kier alpha value is -3.51. The molecule has 1 aliphatic rings. The first-order valence-electron chi connectivity index (χ1n) is 10.4. The number of halogens is 1. The molecule has 3 heterocycles. The number of hydrogen-bond donors (Lipinski definition) is 1. The van der Waals surface area contributed by atoms with E-state index >= 15 is 0 Å². The Morgan fingerprint density at radius 3 is 2.50 bits per heavy atom. The number of benzene rings is 2. The maximum atomic E-state index is 13.4. The highest BCUT2D eigenvalue weighted by molar-refractivity contribution is 7.80. The molecule has 0 radical (unpaired) electrons. The van der Waals surface area contributed by atoms with Crippen LogP contribution >= 0.6 is 12.2 Å². The highest BCUT2D eigenvalue weighted by Gasteiger charge is 2.42. The van der Waals surface area contributed by atoms with Gasteiger partial charge in [-0.15, -0.1) is 0 Å². The molecule has 0 unspecified atom stereocenters. The van der Waals surface area contributed by atoms with Crippen LogP contribution in [0.15, 0.2) is 83.4 Å². The van der Waals surface area contributed by atoms with Crippen molar-refractivity contribution in [2.24, 2.45) is 0 Å². The average Bonchev–Trinajstić information content (AvgIpc) is 3.41. The predicted molar refractivity (Wildman–Crippen MR) is 128 cm³/mol. The quantitative estimate of drug-likeness (QED) is 0.376. The summed E-state index contributed by atoms with van der Waals surface area (Å²) in [7, 11) is 0. The molecule has 4 nitrogen and oxygen atoms in total. The van der Waals surface area contributed by atoms with Crippen molar-refractivity contribution in [3.63, 3.8) is 0 Å². The molecule has 160 valence electrons. The summed E-state index contributed by atoms with van der Waals surface area (Å²) in [4.78, 5) is 6.66. The summed E-state index contributed by atoms with van der Waals surface area (Å²) >= 11 is 5.77. The van der Waals surface area contributed by atoms with Gasteiger partial charge in [0.05, 0.1) is 11.7 Å². The van der Waals surface area contributed by atoms with E-state index in [4.69, 9.17) is 16.6 Å². The number of pyridine rings is 1. The Kier molecular flexibility index (Phi) is 5.23. The van der Waals surface area contributed by atoms with Gasteiger partial charge in [0.25, 0.3) is 0 Å². The summed E-state index contributed by atoms with van der Waals surface area (Å²) in [6.07, 6.45) is 1.78. The second-order valence-corrected chi connectivity index (χ2v) is 8.36. The van der Waals surface area contributed by atoms with E-state index in [9.17, 15) is 4.39 Å². The minimum Gasteiger partial charge on any atom is -0.459 e. The van der Waals surface area contributed by atoms with Gasteiger partial charge in [-0.25, -0.2) is 4.39 Å². The highest BCUT2D eigenvalue weighted by Crippen LogP contribution is 2.43. The van der Waals surface area contributed by atoms with Gasteiger partial charge in [0.1, 0.15) is 23.4 Å². The molecule has 1 fully saturated rings. The Labute approximate surface area is 191 Å². The molecule has 1 saturated heterocycles. The number of nitrogens with one attached hydrogen (secondary N) is 1. The summed E-state index contributed by atoms with van der Waals surface area (Å²) in [5.74, 6) is 1.16. The van der Waals surface area contributed by atoms with Gasteiger partial charge in [-0.1, -0.05) is 12.1 Å². The van der Waals surface area contributed by atoms with Crippen molar-refractivity contribution in [3.8, 4) is 11.3 Å². The van der Waals surface area contributed by atoms with Crippen LogP contribution in [0.3, 0.4) is 0 Å². The Bertz CT molecular complexity index is 1270. The standard InChI is InChI=1S/C26H22FN3OS/c1-16-6-11-20(15-17(16)2)30-25(24(29-26(30)32)21-5-3-4-14-28-21)23-13-12-22(31-23)18-7-9-19(27)10-8-18/h3-15,24-25H,1-2H3,(H,29,32)/t24-,25+/m1/s1. The van der Waals surface area contributed by atoms with Crippen molar-refractivity contribution < 1.29 is 8.81 Å². The monoisotopic (exact) mass is 443 g/mol. The molecular weight excluding hydrogens is 421 g/mol. The van der Waals surface area contributed by atoms with Crippen LogP contribution < -0.4 is 10.2 Å². The largest absolute Gasteiger partial charge is 0.459 e. The molecule has 6 heteroatoms. The third kappa shape index (κ3) is 3.67. The van der Waals surface area contributed by atoms with Crippen molar-refractivity contribution in [1.82, 2.24) is 10.3 Å². The molecule has 2 aromatic heterocycles. The SMILES string of the molecule is Cc1ccc(N2C(=S)N[C@H](c3ccccn3)[C@@H]2c2ccc(-c3ccc(F)cc3)o2)cc1C. The van der Waals surface area contributed by atoms with Crippen LogP contribution in [0, 0.1) is 19.7 Å². The molecule has 0 spiro atoms. The van der Waals surface area contributed by atoms with Crippen LogP contribution in [-0.2, 0) is 0 Å². The molecule has 32 heavy (non-hydrogen) atoms. The highest BCUT2D eigenvalue weighted by atomic mass is 32.1. The molecule has 0 saturated carbocycles. The fourth-order valence-electron chi connectivity index (χ4n) is 4.08. The minimum absolute atomic E-state index is 0.183. The number of nitrogens with zero attached hydrogens (tertiary/aromatic N) is 2. The van der Waals surface area contributed by atoms with Crippen molar-refractivity contribution in [1.29, 1.82) is 0 Å². The topological polar surface area (TPSA) is 41.3 Å². The molecular formula is C26H22FN3OS. The number of hydrogen-bond acceptors (Lipinski definition) is 3. The molecule has 1 aliphatic heterocycles. The van der Waals surface area contributed by atoms with Gasteiger partial charge < -0.3 is 14.6 Å². The van der Waals surface area contributed by atoms with Crippen LogP contribution in [0.4, 0.5) is 10.1 Å². The minimum atomic E-state index is -0.276. The van der Waals surface area contributed by atoms with Crippen LogP contribution in [0.25, 0.3) is 11.3 Å². The lowest BCUT2D eigenvalue weighted by Crippen LogP contribution is -2.29. The van der Waals surface area contributed by atoms with E-state index < -0.39 is 0 Å². The molecule has 1 N–H and O–H groups in total. The lowest BCUT2D eigenvalue weighted by atomic mass is 10.0. The molecule has 2 atom stereocenters. The van der Waals surface area contributed by atoms with Gasteiger partial charge in [0.2, 0.25) is 0 Å². The van der Waals surface area contributed by atoms with Crippen LogP contribution in [-0.4, -0.2) is 10.1 Å². The van der Waals surface area contributed by atoms with Gasteiger partial charge in [-0.05, 0) is 97.9 Å². The van der Waals surface area contributed by atoms with E-state index in [-0.39, 0.29) is 17.9 Å². The van der Waals surface area contributed by atoms with Gasteiger partial charge in [-0.3, -0.25) is 4.98 Å². The number of anilines is 1. The molecule has 0 bridgehead atoms. The fourth-order valence-corrected chi connectivity index (χ4v) is 4.42. The van der Waals surface area contributed by atoms with E-state index in [2.05, 4.69) is 47.2 Å². The summed E-state index contributed by atoms with van der Waals surface area (Å²) in [6.45, 7) is 4.19. The molecule has 0 aliphatic carbocycles. The molecule has 5 rings (SSSR count).